The number of unbranched alkanes of at least 4 members (excludes halogenated alkanes) is 2. The van der Waals surface area contributed by atoms with E-state index in [0.717, 1.165) is 83.9 Å². The Labute approximate surface area is 377 Å². The molecule has 0 spiro atoms. The second-order valence-corrected chi connectivity index (χ2v) is 17.5. The van der Waals surface area contributed by atoms with E-state index in [1.54, 1.807) is 11.0 Å². The van der Waals surface area contributed by atoms with E-state index in [4.69, 9.17) is 33.7 Å². The fourth-order valence-electron chi connectivity index (χ4n) is 10.4. The zero-order valence-electron chi connectivity index (χ0n) is 37.2. The number of aliphatic hydroxyl groups excluding tert-OH is 2. The first-order valence-electron chi connectivity index (χ1n) is 23.5. The third kappa shape index (κ3) is 10.0. The van der Waals surface area contributed by atoms with Crippen LogP contribution in [-0.4, -0.2) is 78.0 Å². The summed E-state index contributed by atoms with van der Waals surface area (Å²) in [6.07, 6.45) is 11.4. The first-order chi connectivity index (χ1) is 31.5. The zero-order valence-corrected chi connectivity index (χ0v) is 37.2. The van der Waals surface area contributed by atoms with Crippen LogP contribution in [0.4, 0.5) is 4.79 Å². The molecule has 11 nitrogen and oxygen atoms in total. The minimum atomic E-state index is -1.40. The lowest BCUT2D eigenvalue weighted by molar-refractivity contribution is -0.255. The van der Waals surface area contributed by atoms with Crippen LogP contribution in [-0.2, 0) is 25.7 Å². The van der Waals surface area contributed by atoms with Gasteiger partial charge in [0.2, 0.25) is 12.1 Å². The number of amides is 1. The minimum absolute atomic E-state index is 0.0662. The maximum absolute atomic E-state index is 14.6. The Morgan fingerprint density at radius 3 is 2.45 bits per heavy atom. The summed E-state index contributed by atoms with van der Waals surface area (Å²) < 4.78 is 33.4. The number of rotatable bonds is 20. The molecule has 2 heterocycles. The molecule has 7 atom stereocenters. The van der Waals surface area contributed by atoms with E-state index in [0.29, 0.717) is 43.9 Å². The Balaban J connectivity index is 1.29. The number of fused-ring (bicyclic) bond motifs is 3. The summed E-state index contributed by atoms with van der Waals surface area (Å²) in [7, 11) is 0. The highest BCUT2D eigenvalue weighted by Gasteiger charge is 2.65. The normalized spacial score (nSPS) is 25.4. The molecule has 2 N–H and O–H groups in total. The lowest BCUT2D eigenvalue weighted by atomic mass is 9.55. The molecule has 1 amide bonds. The van der Waals surface area contributed by atoms with Gasteiger partial charge in [0.15, 0.2) is 0 Å². The van der Waals surface area contributed by atoms with Gasteiger partial charge >= 0.3 is 6.09 Å². The number of carbonyl (C=O) groups is 1. The molecule has 8 rings (SSSR count). The van der Waals surface area contributed by atoms with Crippen molar-refractivity contribution in [3.05, 3.63) is 126 Å². The van der Waals surface area contributed by atoms with E-state index in [1.807, 2.05) is 67.6 Å². The van der Waals surface area contributed by atoms with Gasteiger partial charge in [0.1, 0.15) is 29.9 Å². The Hall–Kier alpha value is -5.20. The highest BCUT2D eigenvalue weighted by molar-refractivity contribution is 6.03. The van der Waals surface area contributed by atoms with E-state index in [1.165, 1.54) is 0 Å². The van der Waals surface area contributed by atoms with Crippen LogP contribution in [0, 0.1) is 17.8 Å². The Kier molecular flexibility index (Phi) is 15.4. The molecule has 2 aliphatic heterocycles. The van der Waals surface area contributed by atoms with Crippen LogP contribution in [0.15, 0.2) is 120 Å². The molecule has 4 aliphatic rings. The fourth-order valence-corrected chi connectivity index (χ4v) is 10.4. The van der Waals surface area contributed by atoms with Crippen molar-refractivity contribution in [3.8, 4) is 17.2 Å². The Morgan fingerprint density at radius 2 is 1.69 bits per heavy atom. The van der Waals surface area contributed by atoms with Crippen LogP contribution in [0.5, 0.6) is 17.2 Å². The van der Waals surface area contributed by atoms with Crippen LogP contribution in [0.1, 0.15) is 94.6 Å². The Morgan fingerprint density at radius 1 is 0.922 bits per heavy atom. The number of hydrogen-bond donors (Lipinski definition) is 2. The van der Waals surface area contributed by atoms with Gasteiger partial charge in [0.05, 0.1) is 24.8 Å². The van der Waals surface area contributed by atoms with Crippen molar-refractivity contribution < 1.29 is 43.5 Å². The van der Waals surface area contributed by atoms with Crippen molar-refractivity contribution >= 4 is 22.6 Å². The predicted octanol–water partition coefficient (Wildman–Crippen LogP) is 10.8. The first-order valence-corrected chi connectivity index (χ1v) is 23.5. The van der Waals surface area contributed by atoms with Crippen LogP contribution in [0.2, 0.25) is 0 Å². The molecule has 2 aliphatic carbocycles. The molecule has 64 heavy (non-hydrogen) atoms. The monoisotopic (exact) mass is 872 g/mol. The van der Waals surface area contributed by atoms with E-state index < -0.39 is 30.1 Å². The van der Waals surface area contributed by atoms with E-state index in [9.17, 15) is 15.0 Å². The van der Waals surface area contributed by atoms with Gasteiger partial charge in [-0.05, 0) is 109 Å². The maximum Gasteiger partial charge on any atom is 0.410 e. The van der Waals surface area contributed by atoms with Crippen molar-refractivity contribution in [2.45, 2.75) is 108 Å². The van der Waals surface area contributed by atoms with Gasteiger partial charge in [-0.3, -0.25) is 4.90 Å². The molecule has 340 valence electrons. The molecule has 11 heteroatoms. The molecular weight excluding hydrogens is 809 g/mol. The molecule has 2 fully saturated rings. The van der Waals surface area contributed by atoms with Gasteiger partial charge in [-0.15, -0.1) is 6.58 Å². The molecule has 1 saturated carbocycles. The van der Waals surface area contributed by atoms with Crippen LogP contribution < -0.4 is 9.47 Å². The van der Waals surface area contributed by atoms with E-state index in [-0.39, 0.29) is 50.6 Å². The lowest BCUT2D eigenvalue weighted by Gasteiger charge is -2.60. The van der Waals surface area contributed by atoms with Crippen molar-refractivity contribution in [1.82, 2.24) is 4.90 Å². The number of benzene rings is 4. The molecule has 0 aromatic heterocycles. The minimum Gasteiger partial charge on any atom is -0.459 e. The number of hydrogen-bond acceptors (Lipinski definition) is 10. The van der Waals surface area contributed by atoms with Gasteiger partial charge in [-0.25, -0.2) is 4.79 Å². The third-order valence-corrected chi connectivity index (χ3v) is 13.3. The number of allylic oxidation sites excluding steroid dienone is 1. The zero-order chi connectivity index (χ0) is 44.3. The number of nitrogens with zero attached hydrogens (tertiary/aromatic N) is 2. The number of aliphatic hydroxyl groups is 2. The summed E-state index contributed by atoms with van der Waals surface area (Å²) in [4.78, 5) is 22.7. The predicted molar refractivity (Wildman–Crippen MR) is 247 cm³/mol. The Bertz CT molecular complexity index is 2240. The molecular formula is C53H64N2O9. The summed E-state index contributed by atoms with van der Waals surface area (Å²) in [6.45, 7) is 7.60. The van der Waals surface area contributed by atoms with Gasteiger partial charge in [-0.2, -0.15) is 0 Å². The number of oxime groups is 1. The summed E-state index contributed by atoms with van der Waals surface area (Å²) in [5.41, 5.74) is 3.56. The van der Waals surface area contributed by atoms with E-state index in [2.05, 4.69) is 43.0 Å². The fraction of sp³-hybridized carbons (Fsp3) is 0.472. The molecule has 7 unspecified atom stereocenters. The summed E-state index contributed by atoms with van der Waals surface area (Å²) in [5.74, 6) is 0.156. The smallest absolute Gasteiger partial charge is 0.410 e. The highest BCUT2D eigenvalue weighted by atomic mass is 16.8. The SMILES string of the molecule is C=CCOC12Oc3ccc(Oc4ccc5ccccc5c4)cc3C3C(CCCCO)C(CCCCO)C=C(C(=NOC4CCCCO4)CC1N(CCC)C(=O)OCc1ccccc1)C32. The second kappa shape index (κ2) is 21.7. The summed E-state index contributed by atoms with van der Waals surface area (Å²) >= 11 is 0. The number of ether oxygens (including phenoxy) is 5. The summed E-state index contributed by atoms with van der Waals surface area (Å²) in [5, 5.41) is 27.2. The molecule has 0 radical (unpaired) electrons. The first kappa shape index (κ1) is 45.4. The van der Waals surface area contributed by atoms with Crippen LogP contribution >= 0.6 is 0 Å². The van der Waals surface area contributed by atoms with Gasteiger partial charge in [0.25, 0.3) is 0 Å². The van der Waals surface area contributed by atoms with Gasteiger partial charge in [0, 0.05) is 44.1 Å². The lowest BCUT2D eigenvalue weighted by Crippen LogP contribution is -2.70. The number of carbonyl (C=O) groups excluding carboxylic acids is 1. The van der Waals surface area contributed by atoms with E-state index >= 15 is 0 Å². The maximum atomic E-state index is 14.6. The molecule has 4 aromatic carbocycles. The third-order valence-electron chi connectivity index (χ3n) is 13.3. The molecule has 0 bridgehead atoms. The summed E-state index contributed by atoms with van der Waals surface area (Å²) in [6, 6.07) is 29.4. The topological polar surface area (TPSA) is 129 Å². The average Bonchev–Trinajstić information content (AvgIpc) is 3.33. The average molecular weight is 873 g/mol. The standard InChI is InChI=1S/C53H64N2O9/c1-3-27-55(52(58)60-36-37-16-6-5-7-17-37)48-35-46(54-64-49-22-12-15-31-59-49)44-33-40(20-10-13-28-56)43(21-11-14-29-57)50-45-34-42(62-41-24-23-38-18-8-9-19-39(38)32-41)25-26-47(45)63-53(48,51(44)50)61-30-4-2/h4-9,16-19,23-26,32-34,40,43,48-51,56-57H,2-3,10-15,20-22,27-31,35-36H2,1H3. The van der Waals surface area contributed by atoms with Gasteiger partial charge < -0.3 is 38.7 Å². The highest BCUT2D eigenvalue weighted by Crippen LogP contribution is 2.62. The second-order valence-electron chi connectivity index (χ2n) is 17.5. The van der Waals surface area contributed by atoms with Crippen molar-refractivity contribution in [3.63, 3.8) is 0 Å². The van der Waals surface area contributed by atoms with Crippen molar-refractivity contribution in [2.75, 3.05) is 33.0 Å². The van der Waals surface area contributed by atoms with Gasteiger partial charge in [-0.1, -0.05) is 97.7 Å². The van der Waals surface area contributed by atoms with Crippen LogP contribution in [0.3, 0.4) is 0 Å². The van der Waals surface area contributed by atoms with Crippen molar-refractivity contribution in [2.24, 2.45) is 22.9 Å². The van der Waals surface area contributed by atoms with Crippen LogP contribution in [0.25, 0.3) is 10.8 Å². The molecule has 4 aromatic rings. The van der Waals surface area contributed by atoms with Crippen molar-refractivity contribution in [1.29, 1.82) is 0 Å². The molecule has 1 saturated heterocycles. The largest absolute Gasteiger partial charge is 0.459 e. The quantitative estimate of drug-likeness (QED) is 0.0507.